The Bertz CT molecular complexity index is 1010. The summed E-state index contributed by atoms with van der Waals surface area (Å²) in [6.07, 6.45) is 5.68. The predicted molar refractivity (Wildman–Crippen MR) is 98.1 cm³/mol. The number of nitrogens with zero attached hydrogens (tertiary/aromatic N) is 3. The summed E-state index contributed by atoms with van der Waals surface area (Å²) >= 11 is 0. The quantitative estimate of drug-likeness (QED) is 0.542. The molecule has 2 aromatic heterocycles. The average molecular weight is 309 g/mol. The van der Waals surface area contributed by atoms with Crippen molar-refractivity contribution in [3.63, 3.8) is 0 Å². The highest BCUT2D eigenvalue weighted by molar-refractivity contribution is 5.76. The molecule has 24 heavy (non-hydrogen) atoms. The van der Waals surface area contributed by atoms with Gasteiger partial charge in [0.2, 0.25) is 0 Å². The topological polar surface area (TPSA) is 38.7 Å². The van der Waals surface area contributed by atoms with Gasteiger partial charge >= 0.3 is 0 Å². The molecule has 0 unspecified atom stereocenters. The van der Waals surface area contributed by atoms with Crippen LogP contribution in [0.2, 0.25) is 0 Å². The van der Waals surface area contributed by atoms with Crippen LogP contribution in [0.5, 0.6) is 0 Å². The van der Waals surface area contributed by atoms with Crippen molar-refractivity contribution in [2.45, 2.75) is 0 Å². The Balaban J connectivity index is 1.63. The second-order valence-electron chi connectivity index (χ2n) is 5.43. The molecule has 0 aliphatic heterocycles. The number of benzene rings is 2. The average Bonchev–Trinajstić information content (AvgIpc) is 2.67. The van der Waals surface area contributed by atoms with Crippen molar-refractivity contribution >= 4 is 23.2 Å². The lowest BCUT2D eigenvalue weighted by atomic mass is 10.1. The minimum absolute atomic E-state index is 0.820. The van der Waals surface area contributed by atoms with Crippen LogP contribution in [0.3, 0.4) is 0 Å². The molecular weight excluding hydrogens is 294 g/mol. The maximum Gasteiger partial charge on any atom is 0.0894 e. The summed E-state index contributed by atoms with van der Waals surface area (Å²) in [4.78, 5) is 13.7. The maximum atomic E-state index is 4.69. The zero-order valence-electron chi connectivity index (χ0n) is 13.0. The monoisotopic (exact) mass is 309 g/mol. The van der Waals surface area contributed by atoms with E-state index in [9.17, 15) is 0 Å². The van der Waals surface area contributed by atoms with Gasteiger partial charge in [-0.25, -0.2) is 9.97 Å². The first-order chi connectivity index (χ1) is 11.9. The number of para-hydroxylation sites is 2. The SMILES string of the molecule is C(=C/c1cnc2ccccc2n1)/c1cccc(-c2ccccc2)n1. The highest BCUT2D eigenvalue weighted by Crippen LogP contribution is 2.17. The van der Waals surface area contributed by atoms with Crippen LogP contribution in [0.25, 0.3) is 34.4 Å². The molecule has 0 fully saturated rings. The summed E-state index contributed by atoms with van der Waals surface area (Å²) in [5.41, 5.74) is 5.58. The molecule has 4 aromatic rings. The van der Waals surface area contributed by atoms with Gasteiger partial charge in [-0.3, -0.25) is 4.98 Å². The summed E-state index contributed by atoms with van der Waals surface area (Å²) in [7, 11) is 0. The van der Waals surface area contributed by atoms with E-state index in [0.29, 0.717) is 0 Å². The molecule has 3 nitrogen and oxygen atoms in total. The summed E-state index contributed by atoms with van der Waals surface area (Å²) in [5, 5.41) is 0. The minimum atomic E-state index is 0.820. The van der Waals surface area contributed by atoms with Crippen LogP contribution in [-0.2, 0) is 0 Å². The van der Waals surface area contributed by atoms with Crippen LogP contribution in [-0.4, -0.2) is 15.0 Å². The lowest BCUT2D eigenvalue weighted by Gasteiger charge is -2.02. The Morgan fingerprint density at radius 2 is 1.33 bits per heavy atom. The second-order valence-corrected chi connectivity index (χ2v) is 5.43. The third kappa shape index (κ3) is 3.06. The number of pyridine rings is 1. The Kier molecular flexibility index (Phi) is 3.82. The molecule has 0 aliphatic rings. The van der Waals surface area contributed by atoms with Crippen LogP contribution in [0.1, 0.15) is 11.4 Å². The fourth-order valence-corrected chi connectivity index (χ4v) is 2.54. The molecule has 0 radical (unpaired) electrons. The molecular formula is C21H15N3. The molecule has 114 valence electrons. The highest BCUT2D eigenvalue weighted by atomic mass is 14.8. The number of hydrogen-bond acceptors (Lipinski definition) is 3. The van der Waals surface area contributed by atoms with Gasteiger partial charge in [0.1, 0.15) is 0 Å². The van der Waals surface area contributed by atoms with E-state index in [1.807, 2.05) is 72.8 Å². The molecule has 0 bridgehead atoms. The Hall–Kier alpha value is -3.33. The number of aromatic nitrogens is 3. The number of hydrogen-bond donors (Lipinski definition) is 0. The van der Waals surface area contributed by atoms with Crippen LogP contribution >= 0.6 is 0 Å². The van der Waals surface area contributed by atoms with Crippen molar-refractivity contribution in [3.8, 4) is 11.3 Å². The van der Waals surface area contributed by atoms with Gasteiger partial charge in [0.25, 0.3) is 0 Å². The molecule has 4 rings (SSSR count). The zero-order valence-corrected chi connectivity index (χ0v) is 13.0. The van der Waals surface area contributed by atoms with E-state index in [1.54, 1.807) is 6.20 Å². The predicted octanol–water partition coefficient (Wildman–Crippen LogP) is 4.86. The van der Waals surface area contributed by atoms with Crippen molar-refractivity contribution < 1.29 is 0 Å². The van der Waals surface area contributed by atoms with Crippen molar-refractivity contribution in [2.24, 2.45) is 0 Å². The molecule has 3 heteroatoms. The standard InChI is InChI=1S/C21H15N3/c1-2-7-16(8-3-1)19-12-6-9-17(23-19)13-14-18-15-22-20-10-4-5-11-21(20)24-18/h1-15H/b14-13-. The van der Waals surface area contributed by atoms with E-state index in [4.69, 9.17) is 0 Å². The smallest absolute Gasteiger partial charge is 0.0894 e. The van der Waals surface area contributed by atoms with Crippen molar-refractivity contribution in [1.82, 2.24) is 15.0 Å². The van der Waals surface area contributed by atoms with Gasteiger partial charge in [0.05, 0.1) is 34.3 Å². The normalized spacial score (nSPS) is 11.2. The minimum Gasteiger partial charge on any atom is -0.252 e. The zero-order chi connectivity index (χ0) is 16.2. The molecule has 0 atom stereocenters. The molecule has 0 aliphatic carbocycles. The summed E-state index contributed by atoms with van der Waals surface area (Å²) < 4.78 is 0. The molecule has 0 N–H and O–H groups in total. The van der Waals surface area contributed by atoms with Gasteiger partial charge in [-0.15, -0.1) is 0 Å². The van der Waals surface area contributed by atoms with Crippen LogP contribution in [0, 0.1) is 0 Å². The summed E-state index contributed by atoms with van der Waals surface area (Å²) in [6.45, 7) is 0. The fraction of sp³-hybridized carbons (Fsp3) is 0. The Morgan fingerprint density at radius 1 is 0.583 bits per heavy atom. The van der Waals surface area contributed by atoms with Gasteiger partial charge in [0.15, 0.2) is 0 Å². The fourth-order valence-electron chi connectivity index (χ4n) is 2.54. The second kappa shape index (κ2) is 6.42. The van der Waals surface area contributed by atoms with Gasteiger partial charge in [-0.2, -0.15) is 0 Å². The van der Waals surface area contributed by atoms with Crippen LogP contribution in [0.15, 0.2) is 79.0 Å². The number of rotatable bonds is 3. The Labute approximate surface area is 140 Å². The van der Waals surface area contributed by atoms with E-state index in [2.05, 4.69) is 27.1 Å². The van der Waals surface area contributed by atoms with Crippen LogP contribution in [0.4, 0.5) is 0 Å². The van der Waals surface area contributed by atoms with Gasteiger partial charge < -0.3 is 0 Å². The first-order valence-corrected chi connectivity index (χ1v) is 7.81. The first kappa shape index (κ1) is 14.3. The number of fused-ring (bicyclic) bond motifs is 1. The van der Waals surface area contributed by atoms with Crippen LogP contribution < -0.4 is 0 Å². The molecule has 2 aromatic carbocycles. The van der Waals surface area contributed by atoms with Crippen molar-refractivity contribution in [1.29, 1.82) is 0 Å². The largest absolute Gasteiger partial charge is 0.252 e. The third-order valence-electron chi connectivity index (χ3n) is 3.73. The van der Waals surface area contributed by atoms with E-state index in [1.165, 1.54) is 0 Å². The lowest BCUT2D eigenvalue weighted by Crippen LogP contribution is -1.88. The maximum absolute atomic E-state index is 4.69. The molecule has 0 amide bonds. The summed E-state index contributed by atoms with van der Waals surface area (Å²) in [5.74, 6) is 0. The van der Waals surface area contributed by atoms with Gasteiger partial charge in [-0.05, 0) is 36.4 Å². The molecule has 2 heterocycles. The Morgan fingerprint density at radius 3 is 2.21 bits per heavy atom. The van der Waals surface area contributed by atoms with E-state index >= 15 is 0 Å². The lowest BCUT2D eigenvalue weighted by molar-refractivity contribution is 1.26. The molecule has 0 saturated heterocycles. The van der Waals surface area contributed by atoms with Crippen molar-refractivity contribution in [2.75, 3.05) is 0 Å². The summed E-state index contributed by atoms with van der Waals surface area (Å²) in [6, 6.07) is 24.0. The van der Waals surface area contributed by atoms with Gasteiger partial charge in [0, 0.05) is 5.56 Å². The first-order valence-electron chi connectivity index (χ1n) is 7.81. The molecule has 0 saturated carbocycles. The highest BCUT2D eigenvalue weighted by Gasteiger charge is 1.99. The van der Waals surface area contributed by atoms with E-state index < -0.39 is 0 Å². The van der Waals surface area contributed by atoms with E-state index in [0.717, 1.165) is 33.7 Å². The van der Waals surface area contributed by atoms with Crippen molar-refractivity contribution in [3.05, 3.63) is 90.4 Å². The molecule has 0 spiro atoms. The van der Waals surface area contributed by atoms with Gasteiger partial charge in [-0.1, -0.05) is 48.5 Å². The van der Waals surface area contributed by atoms with E-state index in [-0.39, 0.29) is 0 Å². The third-order valence-corrected chi connectivity index (χ3v) is 3.73.